The van der Waals surface area contributed by atoms with Crippen LogP contribution in [0.3, 0.4) is 0 Å². The largest absolute Gasteiger partial charge is 0.480 e. The molecule has 14 heavy (non-hydrogen) atoms. The van der Waals surface area contributed by atoms with Crippen molar-refractivity contribution in [3.63, 3.8) is 0 Å². The number of carbonyl (C=O) groups is 1. The molecule has 1 atom stereocenters. The Bertz CT molecular complexity index is 322. The van der Waals surface area contributed by atoms with Gasteiger partial charge in [0.15, 0.2) is 0 Å². The van der Waals surface area contributed by atoms with E-state index in [1.165, 1.54) is 6.08 Å². The van der Waals surface area contributed by atoms with Gasteiger partial charge in [0.2, 0.25) is 0 Å². The van der Waals surface area contributed by atoms with E-state index in [9.17, 15) is 4.79 Å². The monoisotopic (exact) mass is 192 g/mol. The molecule has 1 aromatic carbocycles. The van der Waals surface area contributed by atoms with Crippen molar-refractivity contribution in [2.75, 3.05) is 0 Å². The third-order valence-electron chi connectivity index (χ3n) is 1.73. The fourth-order valence-electron chi connectivity index (χ4n) is 0.981. The molecule has 0 saturated heterocycles. The number of hydrogen-bond acceptors (Lipinski definition) is 3. The fourth-order valence-corrected chi connectivity index (χ4v) is 0.981. The van der Waals surface area contributed by atoms with Gasteiger partial charge >= 0.3 is 5.97 Å². The van der Waals surface area contributed by atoms with Crippen LogP contribution in [0, 0.1) is 0 Å². The molecule has 4 heteroatoms. The summed E-state index contributed by atoms with van der Waals surface area (Å²) in [4.78, 5) is 10.6. The molecule has 0 heterocycles. The summed E-state index contributed by atoms with van der Waals surface area (Å²) in [5.74, 6) is 4.06. The fraction of sp³-hybridized carbons (Fsp3) is 0.100. The van der Waals surface area contributed by atoms with Gasteiger partial charge in [-0.15, -0.1) is 0 Å². The molecule has 0 bridgehead atoms. The van der Waals surface area contributed by atoms with Crippen LogP contribution in [-0.4, -0.2) is 17.1 Å². The molecule has 0 aromatic heterocycles. The maximum absolute atomic E-state index is 10.6. The highest BCUT2D eigenvalue weighted by Crippen LogP contribution is 2.01. The summed E-state index contributed by atoms with van der Waals surface area (Å²) >= 11 is 0. The quantitative estimate of drug-likeness (QED) is 0.482. The van der Waals surface area contributed by atoms with Gasteiger partial charge in [-0.3, -0.25) is 10.6 Å². The summed E-state index contributed by atoms with van der Waals surface area (Å²) < 4.78 is 0. The predicted molar refractivity (Wildman–Crippen MR) is 54.2 cm³/mol. The van der Waals surface area contributed by atoms with Crippen LogP contribution in [0.1, 0.15) is 5.56 Å². The van der Waals surface area contributed by atoms with Gasteiger partial charge in [-0.2, -0.15) is 0 Å². The van der Waals surface area contributed by atoms with Crippen molar-refractivity contribution in [3.8, 4) is 0 Å². The number of hydrazine groups is 1. The Balaban J connectivity index is 2.67. The van der Waals surface area contributed by atoms with Crippen molar-refractivity contribution in [2.24, 2.45) is 5.84 Å². The summed E-state index contributed by atoms with van der Waals surface area (Å²) in [5.41, 5.74) is 3.12. The summed E-state index contributed by atoms with van der Waals surface area (Å²) in [5, 5.41) is 8.66. The number of nitrogens with two attached hydrogens (primary N) is 1. The van der Waals surface area contributed by atoms with E-state index < -0.39 is 12.0 Å². The molecular formula is C10H12N2O2. The Morgan fingerprint density at radius 3 is 2.57 bits per heavy atom. The average molecular weight is 192 g/mol. The number of carboxylic acids is 1. The maximum Gasteiger partial charge on any atom is 0.326 e. The van der Waals surface area contributed by atoms with Crippen LogP contribution in [0.25, 0.3) is 6.08 Å². The van der Waals surface area contributed by atoms with Gasteiger partial charge in [-0.05, 0) is 5.56 Å². The van der Waals surface area contributed by atoms with E-state index in [-0.39, 0.29) is 0 Å². The number of carboxylic acid groups (broad SMARTS) is 1. The second kappa shape index (κ2) is 5.16. The first-order valence-electron chi connectivity index (χ1n) is 4.16. The van der Waals surface area contributed by atoms with Crippen LogP contribution in [-0.2, 0) is 4.79 Å². The lowest BCUT2D eigenvalue weighted by molar-refractivity contribution is -0.138. The van der Waals surface area contributed by atoms with Gasteiger partial charge in [0.25, 0.3) is 0 Å². The number of aliphatic carboxylic acids is 1. The van der Waals surface area contributed by atoms with E-state index in [4.69, 9.17) is 10.9 Å². The molecule has 1 aromatic rings. The van der Waals surface area contributed by atoms with Crippen molar-refractivity contribution in [2.45, 2.75) is 6.04 Å². The lowest BCUT2D eigenvalue weighted by atomic mass is 10.2. The zero-order chi connectivity index (χ0) is 10.4. The first-order valence-corrected chi connectivity index (χ1v) is 4.16. The molecule has 0 radical (unpaired) electrons. The highest BCUT2D eigenvalue weighted by molar-refractivity contribution is 5.77. The Morgan fingerprint density at radius 1 is 1.43 bits per heavy atom. The second-order valence-electron chi connectivity index (χ2n) is 2.75. The van der Waals surface area contributed by atoms with Crippen LogP contribution in [0.5, 0.6) is 0 Å². The minimum absolute atomic E-state index is 0.852. The molecule has 1 rings (SSSR count). The van der Waals surface area contributed by atoms with Crippen molar-refractivity contribution in [3.05, 3.63) is 42.0 Å². The number of rotatable bonds is 4. The Kier molecular flexibility index (Phi) is 3.84. The predicted octanol–water partition coefficient (Wildman–Crippen LogP) is 0.616. The molecule has 0 aliphatic carbocycles. The molecule has 0 spiro atoms. The molecule has 4 N–H and O–H groups in total. The van der Waals surface area contributed by atoms with Gasteiger partial charge in [0.05, 0.1) is 0 Å². The first-order chi connectivity index (χ1) is 6.74. The standard InChI is InChI=1S/C10H12N2O2/c11-12-9(10(13)14)7-6-8-4-2-1-3-5-8/h1-7,9,12H,11H2,(H,13,14). The van der Waals surface area contributed by atoms with E-state index >= 15 is 0 Å². The third-order valence-corrected chi connectivity index (χ3v) is 1.73. The summed E-state index contributed by atoms with van der Waals surface area (Å²) in [6.07, 6.45) is 3.20. The topological polar surface area (TPSA) is 75.3 Å². The van der Waals surface area contributed by atoms with Crippen LogP contribution in [0.2, 0.25) is 0 Å². The molecular weight excluding hydrogens is 180 g/mol. The second-order valence-corrected chi connectivity index (χ2v) is 2.75. The normalized spacial score (nSPS) is 12.9. The Morgan fingerprint density at radius 2 is 2.07 bits per heavy atom. The van der Waals surface area contributed by atoms with Crippen molar-refractivity contribution in [1.29, 1.82) is 0 Å². The lowest BCUT2D eigenvalue weighted by Gasteiger charge is -2.03. The number of nitrogens with one attached hydrogen (secondary N) is 1. The van der Waals surface area contributed by atoms with E-state index in [0.717, 1.165) is 5.56 Å². The summed E-state index contributed by atoms with van der Waals surface area (Å²) in [7, 11) is 0. The van der Waals surface area contributed by atoms with Crippen LogP contribution in [0.15, 0.2) is 36.4 Å². The molecule has 0 fully saturated rings. The molecule has 0 aliphatic heterocycles. The van der Waals surface area contributed by atoms with Crippen LogP contribution < -0.4 is 11.3 Å². The molecule has 4 nitrogen and oxygen atoms in total. The van der Waals surface area contributed by atoms with Gasteiger partial charge in [-0.1, -0.05) is 42.5 Å². The Labute approximate surface area is 82.0 Å². The van der Waals surface area contributed by atoms with Crippen molar-refractivity contribution >= 4 is 12.0 Å². The van der Waals surface area contributed by atoms with Gasteiger partial charge < -0.3 is 5.11 Å². The maximum atomic E-state index is 10.6. The molecule has 0 saturated carbocycles. The summed E-state index contributed by atoms with van der Waals surface area (Å²) in [6.45, 7) is 0. The van der Waals surface area contributed by atoms with E-state index in [1.807, 2.05) is 30.3 Å². The molecule has 74 valence electrons. The van der Waals surface area contributed by atoms with E-state index in [0.29, 0.717) is 0 Å². The minimum Gasteiger partial charge on any atom is -0.480 e. The number of benzene rings is 1. The molecule has 0 amide bonds. The van der Waals surface area contributed by atoms with Gasteiger partial charge in [0.1, 0.15) is 6.04 Å². The molecule has 1 unspecified atom stereocenters. The van der Waals surface area contributed by atoms with Gasteiger partial charge in [0, 0.05) is 0 Å². The minimum atomic E-state index is -1.00. The summed E-state index contributed by atoms with van der Waals surface area (Å²) in [6, 6.07) is 8.57. The zero-order valence-electron chi connectivity index (χ0n) is 7.55. The highest BCUT2D eigenvalue weighted by Gasteiger charge is 2.09. The van der Waals surface area contributed by atoms with Crippen LogP contribution in [0.4, 0.5) is 0 Å². The smallest absolute Gasteiger partial charge is 0.326 e. The van der Waals surface area contributed by atoms with Crippen LogP contribution >= 0.6 is 0 Å². The lowest BCUT2D eigenvalue weighted by Crippen LogP contribution is -2.39. The zero-order valence-corrected chi connectivity index (χ0v) is 7.55. The molecule has 0 aliphatic rings. The average Bonchev–Trinajstić information content (AvgIpc) is 2.20. The Hall–Kier alpha value is -1.65. The SMILES string of the molecule is NNC(C=Cc1ccccc1)C(=O)O. The highest BCUT2D eigenvalue weighted by atomic mass is 16.4. The number of hydrogen-bond donors (Lipinski definition) is 3. The third kappa shape index (κ3) is 3.01. The van der Waals surface area contributed by atoms with Crippen molar-refractivity contribution < 1.29 is 9.90 Å². The first kappa shape index (κ1) is 10.4. The van der Waals surface area contributed by atoms with Crippen molar-refractivity contribution in [1.82, 2.24) is 5.43 Å². The van der Waals surface area contributed by atoms with E-state index in [2.05, 4.69) is 5.43 Å². The van der Waals surface area contributed by atoms with E-state index in [1.54, 1.807) is 6.08 Å². The van der Waals surface area contributed by atoms with Gasteiger partial charge in [-0.25, -0.2) is 5.43 Å².